The SMILES string of the molecule is CCC(C(=O)Nc1cccc(F)c1)N(c1ccccc1F)S(C)(=O)=O. The van der Waals surface area contributed by atoms with Crippen molar-refractivity contribution < 1.29 is 22.0 Å². The van der Waals surface area contributed by atoms with E-state index < -0.39 is 33.6 Å². The van der Waals surface area contributed by atoms with Crippen molar-refractivity contribution in [1.82, 2.24) is 0 Å². The van der Waals surface area contributed by atoms with E-state index in [4.69, 9.17) is 0 Å². The molecule has 0 spiro atoms. The number of hydrogen-bond acceptors (Lipinski definition) is 3. The van der Waals surface area contributed by atoms with Crippen molar-refractivity contribution in [2.75, 3.05) is 15.9 Å². The highest BCUT2D eigenvalue weighted by atomic mass is 32.2. The number of benzene rings is 2. The molecule has 134 valence electrons. The van der Waals surface area contributed by atoms with Crippen LogP contribution in [0.3, 0.4) is 0 Å². The van der Waals surface area contributed by atoms with E-state index >= 15 is 0 Å². The third kappa shape index (κ3) is 4.54. The molecule has 0 saturated carbocycles. The molecule has 2 aromatic rings. The first-order chi connectivity index (χ1) is 11.7. The first kappa shape index (κ1) is 18.9. The Bertz CT molecular complexity index is 872. The van der Waals surface area contributed by atoms with Gasteiger partial charge in [-0.2, -0.15) is 0 Å². The fraction of sp³-hybridized carbons (Fsp3) is 0.235. The fourth-order valence-electron chi connectivity index (χ4n) is 2.46. The molecule has 0 aliphatic heterocycles. The molecule has 1 unspecified atom stereocenters. The number of halogens is 2. The monoisotopic (exact) mass is 368 g/mol. The van der Waals surface area contributed by atoms with Crippen molar-refractivity contribution in [2.45, 2.75) is 19.4 Å². The molecule has 0 radical (unpaired) electrons. The molecule has 0 aliphatic rings. The number of para-hydroxylation sites is 1. The maximum absolute atomic E-state index is 14.1. The van der Waals surface area contributed by atoms with Crippen LogP contribution >= 0.6 is 0 Å². The van der Waals surface area contributed by atoms with Gasteiger partial charge in [0.2, 0.25) is 15.9 Å². The van der Waals surface area contributed by atoms with E-state index in [1.807, 2.05) is 0 Å². The van der Waals surface area contributed by atoms with E-state index in [0.29, 0.717) is 0 Å². The van der Waals surface area contributed by atoms with Crippen LogP contribution in [0.1, 0.15) is 13.3 Å². The Morgan fingerprint density at radius 3 is 2.40 bits per heavy atom. The van der Waals surface area contributed by atoms with Gasteiger partial charge in [-0.3, -0.25) is 9.10 Å². The number of carbonyl (C=O) groups excluding carboxylic acids is 1. The van der Waals surface area contributed by atoms with Crippen molar-refractivity contribution in [3.8, 4) is 0 Å². The zero-order valence-electron chi connectivity index (χ0n) is 13.7. The number of anilines is 2. The maximum atomic E-state index is 14.1. The number of nitrogens with zero attached hydrogens (tertiary/aromatic N) is 1. The first-order valence-electron chi connectivity index (χ1n) is 7.54. The Hall–Kier alpha value is -2.48. The quantitative estimate of drug-likeness (QED) is 0.852. The Labute approximate surface area is 145 Å². The summed E-state index contributed by atoms with van der Waals surface area (Å²) in [5.41, 5.74) is -0.0309. The summed E-state index contributed by atoms with van der Waals surface area (Å²) in [6.45, 7) is 1.61. The van der Waals surface area contributed by atoms with Crippen LogP contribution in [0.25, 0.3) is 0 Å². The van der Waals surface area contributed by atoms with Crippen LogP contribution in [0, 0.1) is 11.6 Å². The highest BCUT2D eigenvalue weighted by Gasteiger charge is 2.33. The zero-order valence-corrected chi connectivity index (χ0v) is 14.6. The lowest BCUT2D eigenvalue weighted by atomic mass is 10.1. The van der Waals surface area contributed by atoms with Crippen LogP contribution in [0.15, 0.2) is 48.5 Å². The summed E-state index contributed by atoms with van der Waals surface area (Å²) < 4.78 is 52.6. The third-order valence-corrected chi connectivity index (χ3v) is 4.68. The number of carbonyl (C=O) groups is 1. The molecule has 0 fully saturated rings. The predicted molar refractivity (Wildman–Crippen MR) is 92.8 cm³/mol. The van der Waals surface area contributed by atoms with Gasteiger partial charge in [-0.05, 0) is 36.8 Å². The van der Waals surface area contributed by atoms with Crippen LogP contribution in [-0.2, 0) is 14.8 Å². The molecular weight excluding hydrogens is 350 g/mol. The van der Waals surface area contributed by atoms with Crippen LogP contribution in [0.2, 0.25) is 0 Å². The lowest BCUT2D eigenvalue weighted by Gasteiger charge is -2.30. The average Bonchev–Trinajstić information content (AvgIpc) is 2.52. The largest absolute Gasteiger partial charge is 0.324 e. The van der Waals surface area contributed by atoms with Crippen LogP contribution in [-0.4, -0.2) is 26.6 Å². The summed E-state index contributed by atoms with van der Waals surface area (Å²) in [5.74, 6) is -1.98. The van der Waals surface area contributed by atoms with E-state index in [-0.39, 0.29) is 17.8 Å². The van der Waals surface area contributed by atoms with E-state index in [9.17, 15) is 22.0 Å². The van der Waals surface area contributed by atoms with Crippen molar-refractivity contribution in [3.05, 3.63) is 60.2 Å². The van der Waals surface area contributed by atoms with E-state index in [1.54, 1.807) is 6.92 Å². The van der Waals surface area contributed by atoms with Crippen LogP contribution in [0.4, 0.5) is 20.2 Å². The van der Waals surface area contributed by atoms with Crippen molar-refractivity contribution in [2.24, 2.45) is 0 Å². The standard InChI is InChI=1S/C17H18F2N2O3S/c1-3-15(17(22)20-13-8-6-7-12(18)11-13)21(25(2,23)24)16-10-5-4-9-14(16)19/h4-11,15H,3H2,1-2H3,(H,20,22). The van der Waals surface area contributed by atoms with Gasteiger partial charge in [0.1, 0.15) is 17.7 Å². The number of nitrogens with one attached hydrogen (secondary N) is 1. The Balaban J connectivity index is 2.40. The maximum Gasteiger partial charge on any atom is 0.248 e. The second kappa shape index (κ2) is 7.60. The Morgan fingerprint density at radius 2 is 1.84 bits per heavy atom. The molecule has 1 N–H and O–H groups in total. The fourth-order valence-corrected chi connectivity index (χ4v) is 3.67. The van der Waals surface area contributed by atoms with Gasteiger partial charge in [-0.1, -0.05) is 25.1 Å². The van der Waals surface area contributed by atoms with Gasteiger partial charge < -0.3 is 5.32 Å². The Morgan fingerprint density at radius 1 is 1.16 bits per heavy atom. The first-order valence-corrected chi connectivity index (χ1v) is 9.39. The van der Waals surface area contributed by atoms with E-state index in [1.165, 1.54) is 36.4 Å². The zero-order chi connectivity index (χ0) is 18.6. The summed E-state index contributed by atoms with van der Waals surface area (Å²) in [6, 6.07) is 9.34. The number of amides is 1. The number of sulfonamides is 1. The van der Waals surface area contributed by atoms with Crippen molar-refractivity contribution in [3.63, 3.8) is 0 Å². The van der Waals surface area contributed by atoms with Gasteiger partial charge in [-0.25, -0.2) is 17.2 Å². The van der Waals surface area contributed by atoms with Gasteiger partial charge in [0.25, 0.3) is 0 Å². The lowest BCUT2D eigenvalue weighted by Crippen LogP contribution is -2.47. The van der Waals surface area contributed by atoms with Gasteiger partial charge >= 0.3 is 0 Å². The molecule has 0 bridgehead atoms. The molecule has 5 nitrogen and oxygen atoms in total. The topological polar surface area (TPSA) is 66.5 Å². The predicted octanol–water partition coefficient (Wildman–Crippen LogP) is 3.15. The second-order valence-corrected chi connectivity index (χ2v) is 7.29. The van der Waals surface area contributed by atoms with Gasteiger partial charge in [-0.15, -0.1) is 0 Å². The minimum Gasteiger partial charge on any atom is -0.324 e. The molecule has 0 aliphatic carbocycles. The smallest absolute Gasteiger partial charge is 0.248 e. The average molecular weight is 368 g/mol. The molecule has 0 heterocycles. The summed E-state index contributed by atoms with van der Waals surface area (Å²) >= 11 is 0. The minimum absolute atomic E-state index is 0.0998. The molecule has 1 atom stereocenters. The normalized spacial score (nSPS) is 12.5. The molecule has 8 heteroatoms. The van der Waals surface area contributed by atoms with Gasteiger partial charge in [0, 0.05) is 5.69 Å². The number of rotatable bonds is 6. The molecule has 0 aromatic heterocycles. The second-order valence-electron chi connectivity index (χ2n) is 5.43. The van der Waals surface area contributed by atoms with Crippen molar-refractivity contribution in [1.29, 1.82) is 0 Å². The summed E-state index contributed by atoms with van der Waals surface area (Å²) in [4.78, 5) is 12.6. The van der Waals surface area contributed by atoms with Crippen LogP contribution < -0.4 is 9.62 Å². The molecule has 0 saturated heterocycles. The van der Waals surface area contributed by atoms with Crippen LogP contribution in [0.5, 0.6) is 0 Å². The number of hydrogen-bond donors (Lipinski definition) is 1. The highest BCUT2D eigenvalue weighted by Crippen LogP contribution is 2.26. The third-order valence-electron chi connectivity index (χ3n) is 3.51. The Kier molecular flexibility index (Phi) is 5.73. The molecule has 2 aromatic carbocycles. The molecule has 2 rings (SSSR count). The highest BCUT2D eigenvalue weighted by molar-refractivity contribution is 7.92. The lowest BCUT2D eigenvalue weighted by molar-refractivity contribution is -0.117. The van der Waals surface area contributed by atoms with Gasteiger partial charge in [0.05, 0.1) is 11.9 Å². The molecular formula is C17H18F2N2O3S. The van der Waals surface area contributed by atoms with E-state index in [2.05, 4.69) is 5.32 Å². The van der Waals surface area contributed by atoms with Gasteiger partial charge in [0.15, 0.2) is 0 Å². The minimum atomic E-state index is -3.94. The summed E-state index contributed by atoms with van der Waals surface area (Å²) in [7, 11) is -3.94. The molecule has 25 heavy (non-hydrogen) atoms. The molecule has 1 amide bonds. The summed E-state index contributed by atoms with van der Waals surface area (Å²) in [5, 5.41) is 2.47. The summed E-state index contributed by atoms with van der Waals surface area (Å²) in [6.07, 6.45) is 1.00. The van der Waals surface area contributed by atoms with Crippen molar-refractivity contribution >= 4 is 27.3 Å². The van der Waals surface area contributed by atoms with E-state index in [0.717, 1.165) is 22.7 Å².